The van der Waals surface area contributed by atoms with E-state index in [-0.39, 0.29) is 11.8 Å². The summed E-state index contributed by atoms with van der Waals surface area (Å²) in [5, 5.41) is 0. The van der Waals surface area contributed by atoms with Gasteiger partial charge in [-0.2, -0.15) is 0 Å². The number of hydrogen-bond donors (Lipinski definition) is 0. The fourth-order valence-electron chi connectivity index (χ4n) is 3.11. The van der Waals surface area contributed by atoms with Crippen molar-refractivity contribution in [3.05, 3.63) is 54.8 Å². The molecule has 1 aliphatic heterocycles. The molecule has 126 valence electrons. The molecule has 24 heavy (non-hydrogen) atoms. The maximum Gasteiger partial charge on any atom is 0.233 e. The summed E-state index contributed by atoms with van der Waals surface area (Å²) in [5.74, 6) is 0.894. The summed E-state index contributed by atoms with van der Waals surface area (Å²) >= 11 is 0. The predicted molar refractivity (Wildman–Crippen MR) is 95.3 cm³/mol. The summed E-state index contributed by atoms with van der Waals surface area (Å²) in [4.78, 5) is 24.7. The molecule has 4 nitrogen and oxygen atoms in total. The van der Waals surface area contributed by atoms with Crippen LogP contribution in [0.3, 0.4) is 0 Å². The molecule has 1 heterocycles. The molecule has 0 atom stereocenters. The van der Waals surface area contributed by atoms with Crippen molar-refractivity contribution in [3.8, 4) is 11.5 Å². The minimum Gasteiger partial charge on any atom is -0.449 e. The lowest BCUT2D eigenvalue weighted by atomic mass is 9.95. The van der Waals surface area contributed by atoms with Crippen molar-refractivity contribution in [2.75, 3.05) is 0 Å². The number of hydrogen-bond acceptors (Lipinski definition) is 4. The molecule has 0 unspecified atom stereocenters. The van der Waals surface area contributed by atoms with Crippen LogP contribution in [-0.4, -0.2) is 0 Å². The first kappa shape index (κ1) is 16.5. The Labute approximate surface area is 140 Å². The van der Waals surface area contributed by atoms with E-state index in [2.05, 4.69) is 13.8 Å². The lowest BCUT2D eigenvalue weighted by Gasteiger charge is -2.17. The van der Waals surface area contributed by atoms with Crippen molar-refractivity contribution >= 4 is 11.2 Å². The van der Waals surface area contributed by atoms with Crippen LogP contribution < -0.4 is 10.9 Å². The minimum atomic E-state index is -0.511. The first-order valence-corrected chi connectivity index (χ1v) is 8.27. The van der Waals surface area contributed by atoms with Gasteiger partial charge in [0.1, 0.15) is 0 Å². The fourth-order valence-corrected chi connectivity index (χ4v) is 3.11. The monoisotopic (exact) mass is 326 g/mol. The van der Waals surface area contributed by atoms with E-state index in [1.54, 1.807) is 6.92 Å². The Kier molecular flexibility index (Phi) is 3.86. The summed E-state index contributed by atoms with van der Waals surface area (Å²) in [6.45, 7) is 11.5. The molecule has 0 radical (unpaired) electrons. The van der Waals surface area contributed by atoms with Crippen LogP contribution in [0.1, 0.15) is 61.8 Å². The van der Waals surface area contributed by atoms with Gasteiger partial charge in [0.15, 0.2) is 22.7 Å². The predicted octanol–water partition coefficient (Wildman–Crippen LogP) is 4.71. The standard InChI is InChI=1S/C20H22O4/c1-9(2)13-8-7-11(5)17-19(13)24-18-12(6)15(21)16(22)14(10(3)4)20(18)23-17/h7-10H,1-6H3. The van der Waals surface area contributed by atoms with Crippen molar-refractivity contribution in [1.29, 1.82) is 0 Å². The highest BCUT2D eigenvalue weighted by molar-refractivity contribution is 5.81. The molecular weight excluding hydrogens is 304 g/mol. The Morgan fingerprint density at radius 3 is 2.00 bits per heavy atom. The van der Waals surface area contributed by atoms with Crippen LogP contribution in [0.4, 0.5) is 0 Å². The Morgan fingerprint density at radius 2 is 1.42 bits per heavy atom. The van der Waals surface area contributed by atoms with Crippen molar-refractivity contribution in [2.45, 2.75) is 53.4 Å². The van der Waals surface area contributed by atoms with Crippen LogP contribution in [-0.2, 0) is 0 Å². The van der Waals surface area contributed by atoms with E-state index < -0.39 is 10.9 Å². The first-order valence-electron chi connectivity index (χ1n) is 8.27. The van der Waals surface area contributed by atoms with E-state index in [0.717, 1.165) is 11.1 Å². The molecule has 0 saturated carbocycles. The van der Waals surface area contributed by atoms with Crippen LogP contribution >= 0.6 is 0 Å². The lowest BCUT2D eigenvalue weighted by Crippen LogP contribution is -2.31. The molecule has 0 spiro atoms. The average molecular weight is 326 g/mol. The molecule has 0 saturated heterocycles. The van der Waals surface area contributed by atoms with Gasteiger partial charge in [0.05, 0.1) is 5.56 Å². The van der Waals surface area contributed by atoms with Crippen LogP contribution in [0.2, 0.25) is 0 Å². The third kappa shape index (κ3) is 2.29. The normalized spacial score (nSPS) is 12.0. The van der Waals surface area contributed by atoms with E-state index >= 15 is 0 Å². The van der Waals surface area contributed by atoms with Gasteiger partial charge in [-0.1, -0.05) is 39.8 Å². The SMILES string of the molecule is Cc1c2oc3c(C(C)C)ccc(C)c3oc-2c(C(C)C)c(=O)c1=O. The molecule has 1 aromatic rings. The molecule has 4 heteroatoms. The zero-order valence-electron chi connectivity index (χ0n) is 14.9. The molecule has 1 aromatic carbocycles. The van der Waals surface area contributed by atoms with Gasteiger partial charge < -0.3 is 8.83 Å². The molecule has 3 rings (SSSR count). The van der Waals surface area contributed by atoms with Crippen molar-refractivity contribution in [3.63, 3.8) is 0 Å². The molecule has 0 aromatic heterocycles. The summed E-state index contributed by atoms with van der Waals surface area (Å²) in [7, 11) is 0. The summed E-state index contributed by atoms with van der Waals surface area (Å²) in [5.41, 5.74) is 2.92. The fraction of sp³-hybridized carbons (Fsp3) is 0.400. The molecule has 2 aliphatic rings. The van der Waals surface area contributed by atoms with E-state index in [1.165, 1.54) is 0 Å². The van der Waals surface area contributed by atoms with E-state index in [1.807, 2.05) is 32.9 Å². The molecule has 0 N–H and O–H groups in total. The third-order valence-electron chi connectivity index (χ3n) is 4.53. The zero-order valence-corrected chi connectivity index (χ0v) is 14.9. The number of benzene rings is 2. The summed E-state index contributed by atoms with van der Waals surface area (Å²) < 4.78 is 12.3. The van der Waals surface area contributed by atoms with Gasteiger partial charge in [-0.25, -0.2) is 0 Å². The van der Waals surface area contributed by atoms with Crippen LogP contribution in [0, 0.1) is 13.8 Å². The smallest absolute Gasteiger partial charge is 0.233 e. The van der Waals surface area contributed by atoms with Crippen molar-refractivity contribution < 1.29 is 8.83 Å². The molecule has 0 amide bonds. The summed E-state index contributed by atoms with van der Waals surface area (Å²) in [6, 6.07) is 4.01. The largest absolute Gasteiger partial charge is 0.449 e. The average Bonchev–Trinajstić information content (AvgIpc) is 2.52. The second-order valence-electron chi connectivity index (χ2n) is 7.00. The highest BCUT2D eigenvalue weighted by Crippen LogP contribution is 2.37. The third-order valence-corrected chi connectivity index (χ3v) is 4.53. The van der Waals surface area contributed by atoms with Gasteiger partial charge in [0, 0.05) is 11.1 Å². The molecule has 1 aliphatic carbocycles. The quantitative estimate of drug-likeness (QED) is 0.505. The Balaban J connectivity index is 2.61. The molecule has 0 bridgehead atoms. The van der Waals surface area contributed by atoms with Gasteiger partial charge in [-0.3, -0.25) is 9.59 Å². The van der Waals surface area contributed by atoms with Gasteiger partial charge in [0.25, 0.3) is 0 Å². The highest BCUT2D eigenvalue weighted by Gasteiger charge is 2.27. The maximum absolute atomic E-state index is 12.4. The van der Waals surface area contributed by atoms with Crippen LogP contribution in [0.15, 0.2) is 30.6 Å². The van der Waals surface area contributed by atoms with E-state index in [0.29, 0.717) is 33.8 Å². The van der Waals surface area contributed by atoms with Crippen LogP contribution in [0.5, 0.6) is 0 Å². The van der Waals surface area contributed by atoms with Crippen LogP contribution in [0.25, 0.3) is 22.7 Å². The number of aryl methyl sites for hydroxylation is 1. The minimum absolute atomic E-state index is 0.127. The maximum atomic E-state index is 12.4. The van der Waals surface area contributed by atoms with E-state index in [4.69, 9.17) is 8.83 Å². The highest BCUT2D eigenvalue weighted by atomic mass is 16.4. The second-order valence-corrected chi connectivity index (χ2v) is 7.00. The lowest BCUT2D eigenvalue weighted by molar-refractivity contribution is 0.505. The second kappa shape index (κ2) is 5.62. The topological polar surface area (TPSA) is 60.4 Å². The van der Waals surface area contributed by atoms with Gasteiger partial charge in [0.2, 0.25) is 10.9 Å². The van der Waals surface area contributed by atoms with Crippen molar-refractivity contribution in [2.24, 2.45) is 0 Å². The van der Waals surface area contributed by atoms with Gasteiger partial charge in [-0.05, 0) is 31.2 Å². The molecule has 0 fully saturated rings. The van der Waals surface area contributed by atoms with Gasteiger partial charge in [-0.15, -0.1) is 0 Å². The number of rotatable bonds is 2. The Morgan fingerprint density at radius 1 is 0.792 bits per heavy atom. The first-order chi connectivity index (χ1) is 11.2. The number of fused-ring (bicyclic) bond motifs is 2. The Bertz CT molecular complexity index is 1020. The van der Waals surface area contributed by atoms with Crippen molar-refractivity contribution in [1.82, 2.24) is 0 Å². The summed E-state index contributed by atoms with van der Waals surface area (Å²) in [6.07, 6.45) is 0. The zero-order chi connectivity index (χ0) is 17.8. The van der Waals surface area contributed by atoms with Gasteiger partial charge >= 0.3 is 0 Å². The molecular formula is C20H22O4. The van der Waals surface area contributed by atoms with E-state index in [9.17, 15) is 9.59 Å². The Hall–Kier alpha value is -2.36.